The largest absolute Gasteiger partial charge is 0.462 e. The number of ether oxygens (including phenoxy) is 6. The van der Waals surface area contributed by atoms with E-state index in [1.807, 2.05) is 0 Å². The number of unbranched alkanes of at least 4 members (excludes halogenated alkanes) is 23. The summed E-state index contributed by atoms with van der Waals surface area (Å²) in [6.45, 7) is 2.57. The molecule has 0 aromatic rings. The first kappa shape index (κ1) is 58.4. The highest BCUT2D eigenvalue weighted by Gasteiger charge is 2.47. The molecule has 2 aliphatic heterocycles. The van der Waals surface area contributed by atoms with Crippen molar-refractivity contribution < 1.29 is 73.8 Å². The first-order valence-corrected chi connectivity index (χ1v) is 25.3. The predicted molar refractivity (Wildman–Crippen MR) is 243 cm³/mol. The van der Waals surface area contributed by atoms with Gasteiger partial charge in [0.2, 0.25) is 0 Å². The average molecular weight is 919 g/mol. The summed E-state index contributed by atoms with van der Waals surface area (Å²) >= 11 is 0. The number of carbonyl (C=O) groups is 2. The lowest BCUT2D eigenvalue weighted by atomic mass is 9.98. The molecule has 15 nitrogen and oxygen atoms in total. The summed E-state index contributed by atoms with van der Waals surface area (Å²) in [5, 5.41) is 71.9. The minimum absolute atomic E-state index is 0.168. The summed E-state index contributed by atoms with van der Waals surface area (Å²) in [6, 6.07) is 0. The van der Waals surface area contributed by atoms with Crippen molar-refractivity contribution in [1.29, 1.82) is 0 Å². The second kappa shape index (κ2) is 37.2. The van der Waals surface area contributed by atoms with Crippen LogP contribution in [0.4, 0.5) is 0 Å². The van der Waals surface area contributed by atoms with E-state index in [1.165, 1.54) is 116 Å². The molecule has 15 heteroatoms. The minimum atomic E-state index is -1.76. The number of esters is 2. The minimum Gasteiger partial charge on any atom is -0.462 e. The van der Waals surface area contributed by atoms with E-state index in [0.29, 0.717) is 12.8 Å². The Morgan fingerprint density at radius 3 is 1.38 bits per heavy atom. The van der Waals surface area contributed by atoms with Crippen molar-refractivity contribution in [1.82, 2.24) is 0 Å². The summed E-state index contributed by atoms with van der Waals surface area (Å²) in [7, 11) is 0. The molecule has 2 rings (SSSR count). The lowest BCUT2D eigenvalue weighted by molar-refractivity contribution is -0.332. The van der Waals surface area contributed by atoms with Gasteiger partial charge in [-0.3, -0.25) is 9.59 Å². The number of carbonyl (C=O) groups excluding carboxylic acids is 2. The first-order valence-electron chi connectivity index (χ1n) is 25.3. The van der Waals surface area contributed by atoms with Crippen LogP contribution in [-0.4, -0.2) is 142 Å². The fourth-order valence-electron chi connectivity index (χ4n) is 8.04. The van der Waals surface area contributed by atoms with E-state index in [4.69, 9.17) is 28.4 Å². The zero-order valence-corrected chi connectivity index (χ0v) is 39.5. The zero-order valence-electron chi connectivity index (χ0n) is 39.5. The number of aliphatic hydroxyl groups is 7. The quantitative estimate of drug-likeness (QED) is 0.0196. The lowest BCUT2D eigenvalue weighted by Crippen LogP contribution is -2.61. The maximum Gasteiger partial charge on any atom is 0.306 e. The third-order valence-corrected chi connectivity index (χ3v) is 12.2. The van der Waals surface area contributed by atoms with E-state index in [0.717, 1.165) is 38.5 Å². The molecule has 0 spiro atoms. The molecule has 376 valence electrons. The SMILES string of the molecule is CCCCCCCC/C=C/CCCCCCCCCCCC(=O)OC[C@@H](CO[C@@H]1O[C@H](CO[C@@H]2O[C@H](CO)[C@H](O)C(O)C2O)[C@H](O)C(O)C1O)OC(=O)CCCCCCCCCCC. The molecule has 0 amide bonds. The summed E-state index contributed by atoms with van der Waals surface area (Å²) < 4.78 is 33.5. The van der Waals surface area contributed by atoms with Gasteiger partial charge in [0.1, 0.15) is 55.4 Å². The van der Waals surface area contributed by atoms with Gasteiger partial charge in [0, 0.05) is 12.8 Å². The molecule has 0 aliphatic carbocycles. The Morgan fingerprint density at radius 2 is 0.891 bits per heavy atom. The molecule has 2 saturated heterocycles. The molecule has 0 aromatic carbocycles. The maximum absolute atomic E-state index is 12.9. The molecule has 2 heterocycles. The van der Waals surface area contributed by atoms with Crippen LogP contribution in [0.25, 0.3) is 0 Å². The molecule has 0 saturated carbocycles. The van der Waals surface area contributed by atoms with Crippen molar-refractivity contribution in [2.45, 2.75) is 261 Å². The summed E-state index contributed by atoms with van der Waals surface area (Å²) in [4.78, 5) is 25.6. The van der Waals surface area contributed by atoms with Gasteiger partial charge in [-0.1, -0.05) is 154 Å². The van der Waals surface area contributed by atoms with Crippen molar-refractivity contribution >= 4 is 11.9 Å². The highest BCUT2D eigenvalue weighted by molar-refractivity contribution is 5.70. The van der Waals surface area contributed by atoms with Crippen molar-refractivity contribution in [3.05, 3.63) is 12.2 Å². The van der Waals surface area contributed by atoms with Crippen LogP contribution in [0.15, 0.2) is 12.2 Å². The van der Waals surface area contributed by atoms with Gasteiger partial charge < -0.3 is 64.2 Å². The molecule has 2 aliphatic rings. The molecule has 0 aromatic heterocycles. The van der Waals surface area contributed by atoms with Crippen LogP contribution < -0.4 is 0 Å². The fraction of sp³-hybridized carbons (Fsp3) is 0.918. The molecule has 2 fully saturated rings. The average Bonchev–Trinajstić information content (AvgIpc) is 3.29. The number of rotatable bonds is 39. The highest BCUT2D eigenvalue weighted by atomic mass is 16.7. The number of allylic oxidation sites excluding steroid dienone is 2. The van der Waals surface area contributed by atoms with Gasteiger partial charge >= 0.3 is 11.9 Å². The third-order valence-electron chi connectivity index (χ3n) is 12.2. The second-order valence-electron chi connectivity index (χ2n) is 18.0. The fourth-order valence-corrected chi connectivity index (χ4v) is 8.04. The second-order valence-corrected chi connectivity index (χ2v) is 18.0. The molecular formula is C49H90O15. The van der Waals surface area contributed by atoms with Gasteiger partial charge in [0.25, 0.3) is 0 Å². The van der Waals surface area contributed by atoms with Gasteiger partial charge in [-0.25, -0.2) is 0 Å². The Hall–Kier alpha value is -1.76. The molecule has 0 radical (unpaired) electrons. The summed E-state index contributed by atoms with van der Waals surface area (Å²) in [5.41, 5.74) is 0. The van der Waals surface area contributed by atoms with E-state index in [9.17, 15) is 45.3 Å². The van der Waals surface area contributed by atoms with Gasteiger partial charge in [0.15, 0.2) is 18.7 Å². The maximum atomic E-state index is 12.9. The van der Waals surface area contributed by atoms with Crippen molar-refractivity contribution in [2.75, 3.05) is 26.4 Å². The van der Waals surface area contributed by atoms with Crippen LogP contribution in [-0.2, 0) is 38.0 Å². The van der Waals surface area contributed by atoms with Crippen LogP contribution in [0, 0.1) is 0 Å². The molecule has 11 atom stereocenters. The number of hydrogen-bond donors (Lipinski definition) is 7. The lowest BCUT2D eigenvalue weighted by Gasteiger charge is -2.42. The first-order chi connectivity index (χ1) is 31.0. The number of hydrogen-bond acceptors (Lipinski definition) is 15. The van der Waals surface area contributed by atoms with Gasteiger partial charge in [-0.15, -0.1) is 0 Å². The molecule has 4 unspecified atom stereocenters. The smallest absolute Gasteiger partial charge is 0.306 e. The van der Waals surface area contributed by atoms with Crippen LogP contribution in [0.1, 0.15) is 194 Å². The Kier molecular flexibility index (Phi) is 34.0. The Bertz CT molecular complexity index is 1170. The topological polar surface area (TPSA) is 231 Å². The predicted octanol–water partition coefficient (Wildman–Crippen LogP) is 6.60. The van der Waals surface area contributed by atoms with Crippen molar-refractivity contribution in [2.24, 2.45) is 0 Å². The van der Waals surface area contributed by atoms with Crippen LogP contribution in [0.2, 0.25) is 0 Å². The Morgan fingerprint density at radius 1 is 0.484 bits per heavy atom. The van der Waals surface area contributed by atoms with E-state index in [1.54, 1.807) is 0 Å². The van der Waals surface area contributed by atoms with Gasteiger partial charge in [-0.2, -0.15) is 0 Å². The Balaban J connectivity index is 1.76. The standard InChI is InChI=1S/C49H90O15/c1-3-5-7-9-11-13-14-15-16-17-18-19-20-21-22-24-25-27-29-31-40(51)59-34-37(62-41(52)32-30-28-26-23-12-10-8-6-4-2)35-60-48-47(58)45(56)43(54)39(64-48)36-61-49-46(57)44(55)42(53)38(33-50)63-49/h15-16,37-39,42-50,53-58H,3-14,17-36H2,1-2H3/b16-15+/t37-,38+,39+,42-,43-,44?,45?,46?,47?,48+,49+/m0/s1. The molecule has 0 bridgehead atoms. The zero-order chi connectivity index (χ0) is 46.8. The number of aliphatic hydroxyl groups excluding tert-OH is 7. The summed E-state index contributed by atoms with van der Waals surface area (Å²) in [6.07, 6.45) is 18.3. The van der Waals surface area contributed by atoms with E-state index in [2.05, 4.69) is 26.0 Å². The monoisotopic (exact) mass is 919 g/mol. The van der Waals surface area contributed by atoms with Crippen LogP contribution in [0.3, 0.4) is 0 Å². The molecule has 64 heavy (non-hydrogen) atoms. The van der Waals surface area contributed by atoms with Crippen LogP contribution >= 0.6 is 0 Å². The van der Waals surface area contributed by atoms with Gasteiger partial charge in [-0.05, 0) is 38.5 Å². The third kappa shape index (κ3) is 25.4. The highest BCUT2D eigenvalue weighted by Crippen LogP contribution is 2.26. The normalized spacial score (nSPS) is 26.6. The Labute approximate surface area is 384 Å². The van der Waals surface area contributed by atoms with E-state index >= 15 is 0 Å². The molecule has 7 N–H and O–H groups in total. The molecular weight excluding hydrogens is 829 g/mol. The van der Waals surface area contributed by atoms with Crippen molar-refractivity contribution in [3.8, 4) is 0 Å². The van der Waals surface area contributed by atoms with Crippen molar-refractivity contribution in [3.63, 3.8) is 0 Å². The summed E-state index contributed by atoms with van der Waals surface area (Å²) in [5.74, 6) is -0.923. The van der Waals surface area contributed by atoms with Crippen LogP contribution in [0.5, 0.6) is 0 Å². The van der Waals surface area contributed by atoms with E-state index < -0.39 is 92.7 Å². The van der Waals surface area contributed by atoms with Gasteiger partial charge in [0.05, 0.1) is 19.8 Å². The van der Waals surface area contributed by atoms with E-state index in [-0.39, 0.29) is 26.1 Å².